The van der Waals surface area contributed by atoms with Gasteiger partial charge in [-0.25, -0.2) is 19.0 Å². The number of rotatable bonds is 6. The molecule has 0 aliphatic carbocycles. The highest BCUT2D eigenvalue weighted by Crippen LogP contribution is 2.36. The highest BCUT2D eigenvalue weighted by molar-refractivity contribution is 5.88. The fourth-order valence-electron chi connectivity index (χ4n) is 3.45. The van der Waals surface area contributed by atoms with E-state index in [-0.39, 0.29) is 11.5 Å². The SMILES string of the molecule is Cc1cc(Nc2nc(C(F)(F)c3ccc(F)cc3)nc3c2cnn3Cc2ccccc2)n[nH]1. The predicted octanol–water partition coefficient (Wildman–Crippen LogP) is 4.93. The van der Waals surface area contributed by atoms with Crippen LogP contribution in [0, 0.1) is 12.7 Å². The second-order valence-electron chi connectivity index (χ2n) is 7.56. The third-order valence-corrected chi connectivity index (χ3v) is 5.11. The van der Waals surface area contributed by atoms with Crippen LogP contribution in [-0.4, -0.2) is 29.9 Å². The van der Waals surface area contributed by atoms with Crippen LogP contribution < -0.4 is 5.32 Å². The summed E-state index contributed by atoms with van der Waals surface area (Å²) in [4.78, 5) is 8.31. The van der Waals surface area contributed by atoms with Gasteiger partial charge in [0.25, 0.3) is 0 Å². The maximum Gasteiger partial charge on any atom is 0.331 e. The lowest BCUT2D eigenvalue weighted by Gasteiger charge is -2.17. The highest BCUT2D eigenvalue weighted by Gasteiger charge is 2.39. The molecule has 0 fully saturated rings. The van der Waals surface area contributed by atoms with E-state index in [9.17, 15) is 4.39 Å². The van der Waals surface area contributed by atoms with Crippen LogP contribution in [-0.2, 0) is 12.5 Å². The van der Waals surface area contributed by atoms with E-state index >= 15 is 8.78 Å². The normalized spacial score (nSPS) is 11.8. The molecule has 0 unspecified atom stereocenters. The molecule has 0 atom stereocenters. The lowest BCUT2D eigenvalue weighted by molar-refractivity contribution is 0.0332. The van der Waals surface area contributed by atoms with Crippen molar-refractivity contribution >= 4 is 22.7 Å². The zero-order valence-corrected chi connectivity index (χ0v) is 17.4. The molecule has 5 rings (SSSR count). The van der Waals surface area contributed by atoms with Gasteiger partial charge in [0.15, 0.2) is 11.5 Å². The minimum atomic E-state index is -3.57. The molecule has 0 saturated heterocycles. The van der Waals surface area contributed by atoms with E-state index < -0.39 is 23.1 Å². The van der Waals surface area contributed by atoms with Crippen LogP contribution in [0.4, 0.5) is 24.8 Å². The number of H-pyrrole nitrogens is 1. The van der Waals surface area contributed by atoms with Crippen LogP contribution in [0.25, 0.3) is 11.0 Å². The van der Waals surface area contributed by atoms with E-state index in [4.69, 9.17) is 0 Å². The van der Waals surface area contributed by atoms with Crippen molar-refractivity contribution in [3.63, 3.8) is 0 Å². The zero-order chi connectivity index (χ0) is 23.0. The van der Waals surface area contributed by atoms with E-state index in [2.05, 4.69) is 30.6 Å². The van der Waals surface area contributed by atoms with Crippen molar-refractivity contribution in [3.05, 3.63) is 95.3 Å². The minimum absolute atomic E-state index is 0.141. The Kier molecular flexibility index (Phi) is 5.04. The van der Waals surface area contributed by atoms with Crippen molar-refractivity contribution in [3.8, 4) is 0 Å². The highest BCUT2D eigenvalue weighted by atomic mass is 19.3. The van der Waals surface area contributed by atoms with Gasteiger partial charge >= 0.3 is 5.92 Å². The largest absolute Gasteiger partial charge is 0.331 e. The second kappa shape index (κ2) is 8.05. The zero-order valence-electron chi connectivity index (χ0n) is 17.4. The number of benzene rings is 2. The summed E-state index contributed by atoms with van der Waals surface area (Å²) in [7, 11) is 0. The van der Waals surface area contributed by atoms with Crippen LogP contribution in [0.5, 0.6) is 0 Å². The number of hydrogen-bond donors (Lipinski definition) is 2. The Balaban J connectivity index is 1.65. The Morgan fingerprint density at radius 2 is 1.79 bits per heavy atom. The van der Waals surface area contributed by atoms with Gasteiger partial charge in [0.05, 0.1) is 18.1 Å². The summed E-state index contributed by atoms with van der Waals surface area (Å²) >= 11 is 0. The lowest BCUT2D eigenvalue weighted by Crippen LogP contribution is -2.20. The first kappa shape index (κ1) is 20.7. The van der Waals surface area contributed by atoms with Crippen LogP contribution in [0.2, 0.25) is 0 Å². The Morgan fingerprint density at radius 1 is 1.03 bits per heavy atom. The molecule has 10 heteroatoms. The quantitative estimate of drug-likeness (QED) is 0.384. The third kappa shape index (κ3) is 4.02. The van der Waals surface area contributed by atoms with Crippen molar-refractivity contribution in [2.24, 2.45) is 0 Å². The summed E-state index contributed by atoms with van der Waals surface area (Å²) in [6.07, 6.45) is 1.53. The van der Waals surface area contributed by atoms with Crippen molar-refractivity contribution in [1.82, 2.24) is 29.9 Å². The maximum atomic E-state index is 15.4. The number of halogens is 3. The van der Waals surface area contributed by atoms with Gasteiger partial charge in [-0.2, -0.15) is 19.0 Å². The summed E-state index contributed by atoms with van der Waals surface area (Å²) in [5.41, 5.74) is 1.55. The fraction of sp³-hybridized carbons (Fsp3) is 0.130. The van der Waals surface area contributed by atoms with E-state index in [0.717, 1.165) is 35.5 Å². The number of nitrogens with one attached hydrogen (secondary N) is 2. The molecule has 2 N–H and O–H groups in total. The number of anilines is 2. The molecule has 5 aromatic rings. The Morgan fingerprint density at radius 3 is 2.48 bits per heavy atom. The molecule has 0 spiro atoms. The number of fused-ring (bicyclic) bond motifs is 1. The molecule has 0 bridgehead atoms. The summed E-state index contributed by atoms with van der Waals surface area (Å²) in [5, 5.41) is 14.7. The summed E-state index contributed by atoms with van der Waals surface area (Å²) in [6.45, 7) is 2.16. The fourth-order valence-corrected chi connectivity index (χ4v) is 3.45. The van der Waals surface area contributed by atoms with Gasteiger partial charge in [0.1, 0.15) is 11.6 Å². The minimum Gasteiger partial charge on any atom is -0.323 e. The van der Waals surface area contributed by atoms with Crippen molar-refractivity contribution < 1.29 is 13.2 Å². The van der Waals surface area contributed by atoms with Gasteiger partial charge in [-0.1, -0.05) is 30.3 Å². The Bertz CT molecular complexity index is 1410. The van der Waals surface area contributed by atoms with E-state index in [1.54, 1.807) is 6.07 Å². The third-order valence-electron chi connectivity index (χ3n) is 5.11. The molecule has 33 heavy (non-hydrogen) atoms. The van der Waals surface area contributed by atoms with Gasteiger partial charge in [0.2, 0.25) is 5.82 Å². The number of alkyl halides is 2. The molecule has 166 valence electrons. The number of aryl methyl sites for hydroxylation is 1. The topological polar surface area (TPSA) is 84.3 Å². The molecule has 0 radical (unpaired) electrons. The summed E-state index contributed by atoms with van der Waals surface area (Å²) in [5.74, 6) is -4.35. The lowest BCUT2D eigenvalue weighted by atomic mass is 10.1. The first-order valence-corrected chi connectivity index (χ1v) is 10.1. The van der Waals surface area contributed by atoms with Gasteiger partial charge in [-0.15, -0.1) is 0 Å². The summed E-state index contributed by atoms with van der Waals surface area (Å²) in [6, 6.07) is 15.2. The van der Waals surface area contributed by atoms with E-state index in [0.29, 0.717) is 17.7 Å². The van der Waals surface area contributed by atoms with E-state index in [1.807, 2.05) is 37.3 Å². The molecule has 7 nitrogen and oxygen atoms in total. The number of nitrogens with zero attached hydrogens (tertiary/aromatic N) is 5. The van der Waals surface area contributed by atoms with E-state index in [1.165, 1.54) is 10.9 Å². The molecule has 0 aliphatic rings. The molecular weight excluding hydrogens is 431 g/mol. The molecule has 0 aliphatic heterocycles. The molecule has 3 heterocycles. The molecular formula is C23H18F3N7. The van der Waals surface area contributed by atoms with Crippen molar-refractivity contribution in [2.45, 2.75) is 19.4 Å². The Hall–Kier alpha value is -4.21. The van der Waals surface area contributed by atoms with Gasteiger partial charge in [-0.3, -0.25) is 5.10 Å². The average molecular weight is 449 g/mol. The smallest absolute Gasteiger partial charge is 0.323 e. The molecule has 0 saturated carbocycles. The van der Waals surface area contributed by atoms with Crippen LogP contribution in [0.15, 0.2) is 66.9 Å². The number of hydrogen-bond acceptors (Lipinski definition) is 5. The van der Waals surface area contributed by atoms with Crippen LogP contribution in [0.3, 0.4) is 0 Å². The Labute approximate surface area is 186 Å². The first-order chi connectivity index (χ1) is 15.9. The number of aromatic amines is 1. The monoisotopic (exact) mass is 449 g/mol. The van der Waals surface area contributed by atoms with Gasteiger partial charge < -0.3 is 5.32 Å². The molecule has 2 aromatic carbocycles. The predicted molar refractivity (Wildman–Crippen MR) is 117 cm³/mol. The van der Waals surface area contributed by atoms with Crippen LogP contribution in [0.1, 0.15) is 22.6 Å². The van der Waals surface area contributed by atoms with Crippen molar-refractivity contribution in [2.75, 3.05) is 5.32 Å². The number of aromatic nitrogens is 6. The maximum absolute atomic E-state index is 15.4. The van der Waals surface area contributed by atoms with Gasteiger partial charge in [0, 0.05) is 17.3 Å². The van der Waals surface area contributed by atoms with Crippen LogP contribution >= 0.6 is 0 Å². The second-order valence-corrected chi connectivity index (χ2v) is 7.56. The standard InChI is InChI=1S/C23H18F3N7/c1-14-11-19(32-31-14)28-20-18-12-27-33(13-15-5-3-2-4-6-15)21(18)30-22(29-20)23(25,26)16-7-9-17(24)10-8-16/h2-12H,13H2,1H3,(H2,28,29,30,31,32). The summed E-state index contributed by atoms with van der Waals surface area (Å²) < 4.78 is 45.7. The first-order valence-electron chi connectivity index (χ1n) is 10.1. The van der Waals surface area contributed by atoms with Crippen molar-refractivity contribution in [1.29, 1.82) is 0 Å². The van der Waals surface area contributed by atoms with Gasteiger partial charge in [-0.05, 0) is 36.8 Å². The molecule has 0 amide bonds. The average Bonchev–Trinajstić information content (AvgIpc) is 3.41. The molecule has 3 aromatic heterocycles.